The largest absolute Gasteiger partial charge is 0.472 e. The summed E-state index contributed by atoms with van der Waals surface area (Å²) in [5.41, 5.74) is 0. The van der Waals surface area contributed by atoms with Gasteiger partial charge in [-0.2, -0.15) is 0 Å². The molecule has 2 N–H and O–H groups in total. The van der Waals surface area contributed by atoms with Gasteiger partial charge in [-0.3, -0.25) is 18.6 Å². The van der Waals surface area contributed by atoms with Crippen LogP contribution in [0.15, 0.2) is 12.2 Å². The minimum Gasteiger partial charge on any atom is -0.456 e. The first kappa shape index (κ1) is 73.8. The molecular formula is C65H130N2O7P+. The smallest absolute Gasteiger partial charge is 0.456 e. The van der Waals surface area contributed by atoms with Crippen LogP contribution in [0, 0.1) is 0 Å². The molecule has 1 amide bonds. The SMILES string of the molecule is CCCCCCCCCCCCC/C=C/C(OC(=O)CCCCCCCCCCCCCCCCCCC)C(COP(=O)(O)OCC[N+](C)(C)C)NC(=O)CCCCCCCCCCCCCCCCCCCCC. The van der Waals surface area contributed by atoms with Crippen LogP contribution in [0.3, 0.4) is 0 Å². The fourth-order valence-electron chi connectivity index (χ4n) is 10.1. The first-order valence-electron chi connectivity index (χ1n) is 33.0. The molecule has 0 heterocycles. The predicted molar refractivity (Wildman–Crippen MR) is 323 cm³/mol. The van der Waals surface area contributed by atoms with E-state index in [0.29, 0.717) is 23.9 Å². The van der Waals surface area contributed by atoms with E-state index in [2.05, 4.69) is 32.2 Å². The van der Waals surface area contributed by atoms with Crippen LogP contribution in [-0.2, 0) is 27.9 Å². The maximum atomic E-state index is 13.6. The van der Waals surface area contributed by atoms with Crippen LogP contribution in [0.25, 0.3) is 0 Å². The number of hydrogen-bond acceptors (Lipinski definition) is 6. The number of rotatable bonds is 61. The molecule has 3 atom stereocenters. The van der Waals surface area contributed by atoms with Crippen LogP contribution in [0.1, 0.15) is 342 Å². The number of esters is 1. The molecule has 0 fully saturated rings. The van der Waals surface area contributed by atoms with Crippen molar-refractivity contribution in [2.24, 2.45) is 0 Å². The van der Waals surface area contributed by atoms with Crippen molar-refractivity contribution >= 4 is 19.7 Å². The van der Waals surface area contributed by atoms with Crippen molar-refractivity contribution in [2.45, 2.75) is 354 Å². The Morgan fingerprint density at radius 3 is 1.09 bits per heavy atom. The zero-order valence-electron chi connectivity index (χ0n) is 51.1. The average molecular weight is 1080 g/mol. The Kier molecular flexibility index (Phi) is 55.1. The number of carbonyl (C=O) groups excluding carboxylic acids is 2. The van der Waals surface area contributed by atoms with Gasteiger partial charge in [0.05, 0.1) is 33.8 Å². The minimum absolute atomic E-state index is 0.0460. The Morgan fingerprint density at radius 2 is 0.760 bits per heavy atom. The maximum Gasteiger partial charge on any atom is 0.472 e. The molecule has 0 aliphatic heterocycles. The second kappa shape index (κ2) is 56.0. The number of carbonyl (C=O) groups is 2. The van der Waals surface area contributed by atoms with Crippen molar-refractivity contribution in [2.75, 3.05) is 40.9 Å². The summed E-state index contributed by atoms with van der Waals surface area (Å²) in [7, 11) is 1.52. The molecule has 9 nitrogen and oxygen atoms in total. The summed E-state index contributed by atoms with van der Waals surface area (Å²) in [6, 6.07) is -0.839. The maximum absolute atomic E-state index is 13.6. The number of likely N-dealkylation sites (N-methyl/N-ethyl adjacent to an activating group) is 1. The summed E-state index contributed by atoms with van der Waals surface area (Å²) in [6.07, 6.45) is 64.9. The summed E-state index contributed by atoms with van der Waals surface area (Å²) in [4.78, 5) is 37.8. The molecule has 0 spiro atoms. The van der Waals surface area contributed by atoms with Crippen molar-refractivity contribution in [3.8, 4) is 0 Å². The molecule has 0 saturated heterocycles. The van der Waals surface area contributed by atoms with Crippen LogP contribution < -0.4 is 5.32 Å². The van der Waals surface area contributed by atoms with E-state index in [1.165, 1.54) is 250 Å². The summed E-state index contributed by atoms with van der Waals surface area (Å²) in [5, 5.41) is 3.07. The van der Waals surface area contributed by atoms with Gasteiger partial charge in [0.1, 0.15) is 19.3 Å². The summed E-state index contributed by atoms with van der Waals surface area (Å²) in [5.74, 6) is -0.480. The Bertz CT molecular complexity index is 1290. The van der Waals surface area contributed by atoms with E-state index in [4.69, 9.17) is 13.8 Å². The Balaban J connectivity index is 5.18. The average Bonchev–Trinajstić information content (AvgIpc) is 3.37. The molecule has 0 bridgehead atoms. The fourth-order valence-corrected chi connectivity index (χ4v) is 10.9. The number of quaternary nitrogens is 1. The number of hydrogen-bond donors (Lipinski definition) is 2. The highest BCUT2D eigenvalue weighted by Crippen LogP contribution is 2.43. The lowest BCUT2D eigenvalue weighted by Gasteiger charge is -2.27. The third-order valence-corrected chi connectivity index (χ3v) is 16.2. The zero-order chi connectivity index (χ0) is 55.0. The quantitative estimate of drug-likeness (QED) is 0.0205. The van der Waals surface area contributed by atoms with Gasteiger partial charge in [-0.1, -0.05) is 309 Å². The Morgan fingerprint density at radius 1 is 0.453 bits per heavy atom. The molecule has 10 heteroatoms. The van der Waals surface area contributed by atoms with Gasteiger partial charge in [0.15, 0.2) is 0 Å². The molecular weight excluding hydrogens is 952 g/mol. The highest BCUT2D eigenvalue weighted by molar-refractivity contribution is 7.47. The Labute approximate surface area is 467 Å². The van der Waals surface area contributed by atoms with E-state index < -0.39 is 20.0 Å². The lowest BCUT2D eigenvalue weighted by atomic mass is 10.0. The van der Waals surface area contributed by atoms with E-state index in [1.807, 2.05) is 27.2 Å². The van der Waals surface area contributed by atoms with Gasteiger partial charge in [-0.15, -0.1) is 0 Å². The first-order valence-corrected chi connectivity index (χ1v) is 34.5. The molecule has 75 heavy (non-hydrogen) atoms. The second-order valence-electron chi connectivity index (χ2n) is 24.0. The number of ether oxygens (including phenoxy) is 1. The highest BCUT2D eigenvalue weighted by Gasteiger charge is 2.30. The molecule has 0 aliphatic rings. The van der Waals surface area contributed by atoms with Crippen molar-refractivity contribution in [3.63, 3.8) is 0 Å². The van der Waals surface area contributed by atoms with Gasteiger partial charge in [-0.05, 0) is 31.8 Å². The molecule has 0 aromatic heterocycles. The number of nitrogens with zero attached hydrogens (tertiary/aromatic N) is 1. The third-order valence-electron chi connectivity index (χ3n) is 15.2. The molecule has 3 unspecified atom stereocenters. The number of phosphoric acid groups is 1. The van der Waals surface area contributed by atoms with Gasteiger partial charge < -0.3 is 19.4 Å². The molecule has 446 valence electrons. The molecule has 0 aromatic rings. The van der Waals surface area contributed by atoms with Gasteiger partial charge in [0.25, 0.3) is 0 Å². The summed E-state index contributed by atoms with van der Waals surface area (Å²) < 4.78 is 30.8. The standard InChI is InChI=1S/C65H129N2O7P/c1-7-10-13-16-19-22-25-28-30-32-33-35-36-39-42-45-48-51-54-57-64(68)66-62(61-73-75(70,71)72-60-59-67(4,5)6)63(56-53-50-47-44-41-38-27-24-21-18-15-12-9-3)74-65(69)58-55-52-49-46-43-40-37-34-31-29-26-23-20-17-14-11-8-2/h53,56,62-63H,7-52,54-55,57-61H2,1-6H3,(H-,66,68,70,71)/p+1/b56-53+. The van der Waals surface area contributed by atoms with Crippen LogP contribution >= 0.6 is 7.82 Å². The van der Waals surface area contributed by atoms with Crippen molar-refractivity contribution in [3.05, 3.63) is 12.2 Å². The van der Waals surface area contributed by atoms with Crippen LogP contribution in [0.5, 0.6) is 0 Å². The number of nitrogens with one attached hydrogen (secondary N) is 1. The number of allylic oxidation sites excluding steroid dienone is 1. The monoisotopic (exact) mass is 1080 g/mol. The number of amides is 1. The molecule has 0 radical (unpaired) electrons. The Hall–Kier alpha value is -1.25. The molecule has 0 rings (SSSR count). The number of phosphoric ester groups is 1. The lowest BCUT2D eigenvalue weighted by Crippen LogP contribution is -2.47. The molecule has 0 aliphatic carbocycles. The third kappa shape index (κ3) is 57.3. The van der Waals surface area contributed by atoms with Gasteiger partial charge in [0, 0.05) is 12.8 Å². The van der Waals surface area contributed by atoms with Crippen molar-refractivity contribution in [1.29, 1.82) is 0 Å². The summed E-state index contributed by atoms with van der Waals surface area (Å²) >= 11 is 0. The fraction of sp³-hybridized carbons (Fsp3) is 0.938. The van der Waals surface area contributed by atoms with Gasteiger partial charge >= 0.3 is 13.8 Å². The van der Waals surface area contributed by atoms with E-state index in [1.54, 1.807) is 0 Å². The van der Waals surface area contributed by atoms with Crippen molar-refractivity contribution < 1.29 is 37.3 Å². The van der Waals surface area contributed by atoms with E-state index in [0.717, 1.165) is 57.8 Å². The van der Waals surface area contributed by atoms with Crippen LogP contribution in [0.2, 0.25) is 0 Å². The number of unbranched alkanes of at least 4 members (excludes halogenated alkanes) is 45. The van der Waals surface area contributed by atoms with Crippen molar-refractivity contribution in [1.82, 2.24) is 5.32 Å². The van der Waals surface area contributed by atoms with Gasteiger partial charge in [0.2, 0.25) is 5.91 Å². The topological polar surface area (TPSA) is 111 Å². The summed E-state index contributed by atoms with van der Waals surface area (Å²) in [6.45, 7) is 7.08. The first-order chi connectivity index (χ1) is 36.4. The minimum atomic E-state index is -4.44. The zero-order valence-corrected chi connectivity index (χ0v) is 52.0. The molecule has 0 aromatic carbocycles. The highest BCUT2D eigenvalue weighted by atomic mass is 31.2. The predicted octanol–water partition coefficient (Wildman–Crippen LogP) is 20.3. The van der Waals surface area contributed by atoms with E-state index >= 15 is 0 Å². The second-order valence-corrected chi connectivity index (χ2v) is 25.5. The molecule has 0 saturated carbocycles. The van der Waals surface area contributed by atoms with Gasteiger partial charge in [-0.25, -0.2) is 4.57 Å². The lowest BCUT2D eigenvalue weighted by molar-refractivity contribution is -0.870. The van der Waals surface area contributed by atoms with Crippen LogP contribution in [0.4, 0.5) is 0 Å². The van der Waals surface area contributed by atoms with E-state index in [9.17, 15) is 19.0 Å². The van der Waals surface area contributed by atoms with Crippen LogP contribution in [-0.4, -0.2) is 74.3 Å². The van der Waals surface area contributed by atoms with E-state index in [-0.39, 0.29) is 25.1 Å². The normalized spacial score (nSPS) is 13.6.